The highest BCUT2D eigenvalue weighted by molar-refractivity contribution is 8.00. The maximum atomic E-state index is 14.6. The fourth-order valence-electron chi connectivity index (χ4n) is 3.81. The Morgan fingerprint density at radius 1 is 1.11 bits per heavy atom. The minimum absolute atomic E-state index is 0.0477. The fourth-order valence-corrected chi connectivity index (χ4v) is 4.73. The first kappa shape index (κ1) is 22.8. The molecule has 1 aliphatic rings. The van der Waals surface area contributed by atoms with Crippen LogP contribution >= 0.6 is 11.8 Å². The van der Waals surface area contributed by atoms with Crippen molar-refractivity contribution in [2.75, 3.05) is 11.9 Å². The molecule has 0 fully saturated rings. The molecule has 2 heterocycles. The van der Waals surface area contributed by atoms with Crippen LogP contribution in [0.25, 0.3) is 11.4 Å². The summed E-state index contributed by atoms with van der Waals surface area (Å²) in [5.74, 6) is 0.119. The molecule has 3 aromatic carbocycles. The zero-order valence-corrected chi connectivity index (χ0v) is 19.6. The molecule has 7 nitrogen and oxygen atoms in total. The van der Waals surface area contributed by atoms with Crippen molar-refractivity contribution in [2.45, 2.75) is 23.9 Å². The first-order valence-corrected chi connectivity index (χ1v) is 11.9. The average Bonchev–Trinajstić information content (AvgIpc) is 3.25. The van der Waals surface area contributed by atoms with E-state index in [9.17, 15) is 14.0 Å². The van der Waals surface area contributed by atoms with Gasteiger partial charge in [0.05, 0.1) is 23.0 Å². The van der Waals surface area contributed by atoms with Gasteiger partial charge in [-0.3, -0.25) is 14.2 Å². The third kappa shape index (κ3) is 4.81. The third-order valence-corrected chi connectivity index (χ3v) is 6.64. The largest absolute Gasteiger partial charge is 0.482 e. The van der Waals surface area contributed by atoms with E-state index < -0.39 is 11.1 Å². The van der Waals surface area contributed by atoms with Crippen LogP contribution in [-0.4, -0.2) is 38.3 Å². The lowest BCUT2D eigenvalue weighted by molar-refractivity contribution is -0.118. The molecule has 4 aromatic rings. The number of carbonyl (C=O) groups is 2. The van der Waals surface area contributed by atoms with Crippen LogP contribution in [0, 0.1) is 5.82 Å². The highest BCUT2D eigenvalue weighted by atomic mass is 32.2. The van der Waals surface area contributed by atoms with E-state index in [1.54, 1.807) is 43.3 Å². The molecule has 0 spiro atoms. The second kappa shape index (κ2) is 9.71. The summed E-state index contributed by atoms with van der Waals surface area (Å²) < 4.78 is 21.8. The van der Waals surface area contributed by atoms with Gasteiger partial charge in [0.15, 0.2) is 23.4 Å². The number of aromatic nitrogens is 3. The number of nitrogens with one attached hydrogen (secondary N) is 1. The van der Waals surface area contributed by atoms with Gasteiger partial charge >= 0.3 is 0 Å². The summed E-state index contributed by atoms with van der Waals surface area (Å²) in [6.45, 7) is 2.16. The Hall–Kier alpha value is -3.98. The maximum Gasteiger partial charge on any atom is 0.262 e. The number of rotatable bonds is 7. The summed E-state index contributed by atoms with van der Waals surface area (Å²) in [5.41, 5.74) is 2.25. The van der Waals surface area contributed by atoms with Crippen LogP contribution in [0.4, 0.5) is 10.1 Å². The van der Waals surface area contributed by atoms with Gasteiger partial charge in [0.2, 0.25) is 0 Å². The molecule has 35 heavy (non-hydrogen) atoms. The van der Waals surface area contributed by atoms with Crippen molar-refractivity contribution >= 4 is 29.1 Å². The summed E-state index contributed by atoms with van der Waals surface area (Å²) in [6, 6.07) is 21.1. The molecule has 5 rings (SSSR count). The van der Waals surface area contributed by atoms with Crippen LogP contribution in [-0.2, 0) is 11.3 Å². The maximum absolute atomic E-state index is 14.6. The summed E-state index contributed by atoms with van der Waals surface area (Å²) in [6.07, 6.45) is 0. The van der Waals surface area contributed by atoms with Gasteiger partial charge in [-0.05, 0) is 42.8 Å². The zero-order chi connectivity index (χ0) is 24.4. The standard InChI is InChI=1S/C26H21FN4O3S/c1-16(24(33)18-11-12-22-21(13-18)28-23(32)15-34-22)35-26-30-29-25(19-9-5-6-10-20(19)27)31(26)14-17-7-3-2-4-8-17/h2-13,16H,14-15H2,1H3,(H,28,32). The van der Waals surface area contributed by atoms with Gasteiger partial charge in [-0.2, -0.15) is 0 Å². The molecule has 0 bridgehead atoms. The SMILES string of the molecule is CC(Sc1nnc(-c2ccccc2F)n1Cc1ccccc1)C(=O)c1ccc2c(c1)NC(=O)CO2. The fraction of sp³-hybridized carbons (Fsp3) is 0.154. The number of amides is 1. The first-order valence-electron chi connectivity index (χ1n) is 11.0. The molecule has 9 heteroatoms. The minimum Gasteiger partial charge on any atom is -0.482 e. The number of benzene rings is 3. The van der Waals surface area contributed by atoms with E-state index in [0.717, 1.165) is 5.56 Å². The molecule has 0 saturated carbocycles. The monoisotopic (exact) mass is 488 g/mol. The van der Waals surface area contributed by atoms with Crippen LogP contribution in [0.2, 0.25) is 0 Å². The lowest BCUT2D eigenvalue weighted by Gasteiger charge is -2.19. The van der Waals surface area contributed by atoms with E-state index in [0.29, 0.717) is 40.1 Å². The summed E-state index contributed by atoms with van der Waals surface area (Å²) in [7, 11) is 0. The quantitative estimate of drug-likeness (QED) is 0.296. The topological polar surface area (TPSA) is 86.1 Å². The zero-order valence-electron chi connectivity index (χ0n) is 18.8. The van der Waals surface area contributed by atoms with E-state index in [2.05, 4.69) is 15.5 Å². The van der Waals surface area contributed by atoms with Crippen LogP contribution in [0.15, 0.2) is 78.0 Å². The van der Waals surface area contributed by atoms with E-state index >= 15 is 0 Å². The lowest BCUT2D eigenvalue weighted by atomic mass is 10.1. The number of fused-ring (bicyclic) bond motifs is 1. The number of hydrogen-bond acceptors (Lipinski definition) is 6. The van der Waals surface area contributed by atoms with Crippen molar-refractivity contribution in [1.82, 2.24) is 14.8 Å². The van der Waals surface area contributed by atoms with Gasteiger partial charge in [0.25, 0.3) is 5.91 Å². The van der Waals surface area contributed by atoms with Crippen molar-refractivity contribution in [3.8, 4) is 17.1 Å². The molecule has 1 aliphatic heterocycles. The number of carbonyl (C=O) groups excluding carboxylic acids is 2. The minimum atomic E-state index is -0.513. The lowest BCUT2D eigenvalue weighted by Crippen LogP contribution is -2.25. The summed E-state index contributed by atoms with van der Waals surface area (Å²) in [4.78, 5) is 24.9. The van der Waals surface area contributed by atoms with Crippen LogP contribution in [0.5, 0.6) is 5.75 Å². The smallest absolute Gasteiger partial charge is 0.262 e. The van der Waals surface area contributed by atoms with E-state index in [1.165, 1.54) is 17.8 Å². The number of Topliss-reactive ketones (excluding diaryl/α,β-unsaturated/α-hetero) is 1. The van der Waals surface area contributed by atoms with Gasteiger partial charge < -0.3 is 10.1 Å². The van der Waals surface area contributed by atoms with Crippen LogP contribution in [0.1, 0.15) is 22.8 Å². The number of ketones is 1. The Bertz CT molecular complexity index is 1410. The highest BCUT2D eigenvalue weighted by Gasteiger charge is 2.25. The molecule has 1 N–H and O–H groups in total. The van der Waals surface area contributed by atoms with Crippen molar-refractivity contribution < 1.29 is 18.7 Å². The number of thioether (sulfide) groups is 1. The predicted molar refractivity (Wildman–Crippen MR) is 131 cm³/mol. The Balaban J connectivity index is 1.44. The van der Waals surface area contributed by atoms with Gasteiger partial charge in [-0.25, -0.2) is 4.39 Å². The van der Waals surface area contributed by atoms with E-state index in [1.807, 2.05) is 34.9 Å². The second-order valence-corrected chi connectivity index (χ2v) is 9.34. The normalized spacial score (nSPS) is 13.5. The molecule has 1 unspecified atom stereocenters. The van der Waals surface area contributed by atoms with E-state index in [-0.39, 0.29) is 18.3 Å². The number of halogens is 1. The Kier molecular flexibility index (Phi) is 6.33. The van der Waals surface area contributed by atoms with Gasteiger partial charge in [0.1, 0.15) is 11.6 Å². The molecule has 1 aromatic heterocycles. The average molecular weight is 489 g/mol. The highest BCUT2D eigenvalue weighted by Crippen LogP contribution is 2.33. The van der Waals surface area contributed by atoms with Crippen molar-refractivity contribution in [2.24, 2.45) is 0 Å². The number of hydrogen-bond donors (Lipinski definition) is 1. The first-order chi connectivity index (χ1) is 17.0. The van der Waals surface area contributed by atoms with E-state index in [4.69, 9.17) is 4.74 Å². The summed E-state index contributed by atoms with van der Waals surface area (Å²) >= 11 is 1.25. The molecular weight excluding hydrogens is 467 g/mol. The van der Waals surface area contributed by atoms with Crippen LogP contribution < -0.4 is 10.1 Å². The van der Waals surface area contributed by atoms with Crippen molar-refractivity contribution in [3.63, 3.8) is 0 Å². The molecule has 0 radical (unpaired) electrons. The predicted octanol–water partition coefficient (Wildman–Crippen LogP) is 4.83. The second-order valence-electron chi connectivity index (χ2n) is 8.03. The molecular formula is C26H21FN4O3S. The van der Waals surface area contributed by atoms with Crippen molar-refractivity contribution in [1.29, 1.82) is 0 Å². The Labute approximate surface area is 205 Å². The third-order valence-electron chi connectivity index (χ3n) is 5.56. The van der Waals surface area contributed by atoms with Gasteiger partial charge in [-0.15, -0.1) is 10.2 Å². The van der Waals surface area contributed by atoms with Crippen LogP contribution in [0.3, 0.4) is 0 Å². The van der Waals surface area contributed by atoms with Crippen molar-refractivity contribution in [3.05, 3.63) is 89.7 Å². The number of nitrogens with zero attached hydrogens (tertiary/aromatic N) is 3. The molecule has 0 saturated heterocycles. The number of ether oxygens (including phenoxy) is 1. The molecule has 176 valence electrons. The van der Waals surface area contributed by atoms with Gasteiger partial charge in [0, 0.05) is 5.56 Å². The molecule has 1 amide bonds. The van der Waals surface area contributed by atoms with Gasteiger partial charge in [-0.1, -0.05) is 54.2 Å². The Morgan fingerprint density at radius 2 is 1.89 bits per heavy atom. The Morgan fingerprint density at radius 3 is 2.69 bits per heavy atom. The molecule has 0 aliphatic carbocycles. The number of anilines is 1. The molecule has 1 atom stereocenters. The summed E-state index contributed by atoms with van der Waals surface area (Å²) in [5, 5.41) is 11.3.